The van der Waals surface area contributed by atoms with E-state index in [1.165, 1.54) is 5.56 Å². The number of anilines is 1. The number of aryl methyl sites for hydroxylation is 1. The summed E-state index contributed by atoms with van der Waals surface area (Å²) in [7, 11) is 0. The van der Waals surface area contributed by atoms with Crippen LogP contribution in [0.15, 0.2) is 36.5 Å². The van der Waals surface area contributed by atoms with Crippen molar-refractivity contribution < 1.29 is 4.74 Å². The summed E-state index contributed by atoms with van der Waals surface area (Å²) in [5, 5.41) is 0. The fourth-order valence-electron chi connectivity index (χ4n) is 1.65. The van der Waals surface area contributed by atoms with Crippen molar-refractivity contribution in [3.8, 4) is 11.6 Å². The second-order valence-corrected chi connectivity index (χ2v) is 4.71. The first kappa shape index (κ1) is 12.4. The molecular weight excluding hydrogens is 224 g/mol. The normalized spacial score (nSPS) is 10.7. The molecule has 0 spiro atoms. The Morgan fingerprint density at radius 1 is 1.17 bits per heavy atom. The average Bonchev–Trinajstić information content (AvgIpc) is 2.34. The first-order chi connectivity index (χ1) is 8.56. The van der Waals surface area contributed by atoms with Gasteiger partial charge in [-0.1, -0.05) is 26.0 Å². The highest BCUT2D eigenvalue weighted by molar-refractivity contribution is 5.41. The van der Waals surface area contributed by atoms with Crippen molar-refractivity contribution in [2.75, 3.05) is 5.73 Å². The molecule has 2 rings (SSSR count). The van der Waals surface area contributed by atoms with E-state index in [2.05, 4.69) is 37.0 Å². The molecule has 3 nitrogen and oxygen atoms in total. The minimum absolute atomic E-state index is 0.479. The van der Waals surface area contributed by atoms with Gasteiger partial charge in [0.05, 0.1) is 11.9 Å². The van der Waals surface area contributed by atoms with Crippen molar-refractivity contribution in [1.82, 2.24) is 4.98 Å². The molecule has 0 aliphatic carbocycles. The van der Waals surface area contributed by atoms with Crippen molar-refractivity contribution in [3.05, 3.63) is 47.7 Å². The zero-order valence-corrected chi connectivity index (χ0v) is 11.0. The predicted octanol–water partition coefficient (Wildman–Crippen LogP) is 3.89. The third-order valence-electron chi connectivity index (χ3n) is 2.85. The maximum atomic E-state index is 5.79. The van der Waals surface area contributed by atoms with E-state index in [-0.39, 0.29) is 0 Å². The Morgan fingerprint density at radius 2 is 1.94 bits per heavy atom. The molecule has 1 aromatic heterocycles. The molecule has 1 aromatic carbocycles. The summed E-state index contributed by atoms with van der Waals surface area (Å²) in [5.41, 5.74) is 8.58. The second-order valence-electron chi connectivity index (χ2n) is 4.71. The number of hydrogen-bond donors (Lipinski definition) is 1. The van der Waals surface area contributed by atoms with E-state index >= 15 is 0 Å². The minimum atomic E-state index is 0.479. The largest absolute Gasteiger partial charge is 0.439 e. The maximum absolute atomic E-state index is 5.79. The molecule has 3 heteroatoms. The number of nitrogens with zero attached hydrogens (tertiary/aromatic N) is 1. The quantitative estimate of drug-likeness (QED) is 0.888. The Hall–Kier alpha value is -2.03. The van der Waals surface area contributed by atoms with Gasteiger partial charge >= 0.3 is 0 Å². The van der Waals surface area contributed by atoms with Crippen molar-refractivity contribution in [2.45, 2.75) is 26.7 Å². The van der Waals surface area contributed by atoms with Crippen LogP contribution >= 0.6 is 0 Å². The molecule has 0 radical (unpaired) electrons. The molecule has 2 N–H and O–H groups in total. The van der Waals surface area contributed by atoms with Gasteiger partial charge in [0.25, 0.3) is 0 Å². The number of ether oxygens (including phenoxy) is 1. The lowest BCUT2D eigenvalue weighted by Crippen LogP contribution is -1.94. The first-order valence-electron chi connectivity index (χ1n) is 6.06. The third kappa shape index (κ3) is 2.80. The predicted molar refractivity (Wildman–Crippen MR) is 74.0 cm³/mol. The molecule has 2 aromatic rings. The number of pyridine rings is 1. The average molecular weight is 242 g/mol. The lowest BCUT2D eigenvalue weighted by Gasteiger charge is -2.11. The Kier molecular flexibility index (Phi) is 3.51. The van der Waals surface area contributed by atoms with Crippen LogP contribution in [-0.2, 0) is 0 Å². The minimum Gasteiger partial charge on any atom is -0.439 e. The van der Waals surface area contributed by atoms with Gasteiger partial charge < -0.3 is 10.5 Å². The van der Waals surface area contributed by atoms with Gasteiger partial charge in [-0.05, 0) is 36.1 Å². The van der Waals surface area contributed by atoms with E-state index in [4.69, 9.17) is 10.5 Å². The van der Waals surface area contributed by atoms with Crippen LogP contribution in [0.25, 0.3) is 0 Å². The maximum Gasteiger partial charge on any atom is 0.219 e. The summed E-state index contributed by atoms with van der Waals surface area (Å²) >= 11 is 0. The van der Waals surface area contributed by atoms with Crippen LogP contribution in [0.5, 0.6) is 11.6 Å². The lowest BCUT2D eigenvalue weighted by molar-refractivity contribution is 0.458. The van der Waals surface area contributed by atoms with Crippen LogP contribution in [0, 0.1) is 6.92 Å². The van der Waals surface area contributed by atoms with Crippen LogP contribution in [0.4, 0.5) is 5.69 Å². The monoisotopic (exact) mass is 242 g/mol. The Morgan fingerprint density at radius 3 is 2.56 bits per heavy atom. The number of benzene rings is 1. The van der Waals surface area contributed by atoms with Gasteiger partial charge in [-0.15, -0.1) is 0 Å². The van der Waals surface area contributed by atoms with E-state index in [9.17, 15) is 0 Å². The van der Waals surface area contributed by atoms with E-state index in [1.54, 1.807) is 18.3 Å². The molecule has 18 heavy (non-hydrogen) atoms. The number of rotatable bonds is 3. The Labute approximate surface area is 108 Å². The van der Waals surface area contributed by atoms with Gasteiger partial charge in [-0.3, -0.25) is 0 Å². The van der Waals surface area contributed by atoms with Gasteiger partial charge in [0.2, 0.25) is 5.88 Å². The van der Waals surface area contributed by atoms with Crippen molar-refractivity contribution in [2.24, 2.45) is 0 Å². The highest BCUT2D eigenvalue weighted by Gasteiger charge is 2.06. The Balaban J connectivity index is 2.27. The summed E-state index contributed by atoms with van der Waals surface area (Å²) in [6, 6.07) is 9.82. The zero-order chi connectivity index (χ0) is 13.1. The third-order valence-corrected chi connectivity index (χ3v) is 2.85. The van der Waals surface area contributed by atoms with Crippen LogP contribution in [-0.4, -0.2) is 4.98 Å². The summed E-state index contributed by atoms with van der Waals surface area (Å²) in [6.07, 6.45) is 1.59. The van der Waals surface area contributed by atoms with Crippen molar-refractivity contribution in [1.29, 1.82) is 0 Å². The van der Waals surface area contributed by atoms with Gasteiger partial charge in [0, 0.05) is 6.07 Å². The van der Waals surface area contributed by atoms with Crippen LogP contribution in [0.1, 0.15) is 30.9 Å². The fraction of sp³-hybridized carbons (Fsp3) is 0.267. The molecule has 0 atom stereocenters. The summed E-state index contributed by atoms with van der Waals surface area (Å²) < 4.78 is 5.79. The highest BCUT2D eigenvalue weighted by atomic mass is 16.5. The SMILES string of the molecule is Cc1ccc(C(C)C)cc1Oc1ccc(N)cn1. The standard InChI is InChI=1S/C15H18N2O/c1-10(2)12-5-4-11(3)14(8-12)18-15-7-6-13(16)9-17-15/h4-10H,16H2,1-3H3. The van der Waals surface area contributed by atoms with Gasteiger partial charge in [0.15, 0.2) is 0 Å². The molecular formula is C15H18N2O. The van der Waals surface area contributed by atoms with E-state index < -0.39 is 0 Å². The van der Waals surface area contributed by atoms with Crippen molar-refractivity contribution in [3.63, 3.8) is 0 Å². The zero-order valence-electron chi connectivity index (χ0n) is 11.0. The number of aromatic nitrogens is 1. The van der Waals surface area contributed by atoms with Gasteiger partial charge in [-0.2, -0.15) is 0 Å². The molecule has 0 fully saturated rings. The Bertz CT molecular complexity index is 533. The van der Waals surface area contributed by atoms with E-state index in [0.717, 1.165) is 11.3 Å². The highest BCUT2D eigenvalue weighted by Crippen LogP contribution is 2.27. The topological polar surface area (TPSA) is 48.1 Å². The van der Waals surface area contributed by atoms with Crippen molar-refractivity contribution >= 4 is 5.69 Å². The number of nitrogens with two attached hydrogens (primary N) is 1. The van der Waals surface area contributed by atoms with Crippen LogP contribution < -0.4 is 10.5 Å². The summed E-state index contributed by atoms with van der Waals surface area (Å²) in [4.78, 5) is 4.14. The lowest BCUT2D eigenvalue weighted by atomic mass is 10.0. The summed E-state index contributed by atoms with van der Waals surface area (Å²) in [5.74, 6) is 1.89. The second kappa shape index (κ2) is 5.08. The smallest absolute Gasteiger partial charge is 0.219 e. The molecule has 0 bridgehead atoms. The van der Waals surface area contributed by atoms with Gasteiger partial charge in [-0.25, -0.2) is 4.98 Å². The molecule has 0 saturated carbocycles. The molecule has 1 heterocycles. The number of hydrogen-bond acceptors (Lipinski definition) is 3. The summed E-state index contributed by atoms with van der Waals surface area (Å²) in [6.45, 7) is 6.35. The van der Waals surface area contributed by atoms with Crippen LogP contribution in [0.3, 0.4) is 0 Å². The van der Waals surface area contributed by atoms with E-state index in [0.29, 0.717) is 17.5 Å². The molecule has 0 unspecified atom stereocenters. The van der Waals surface area contributed by atoms with Gasteiger partial charge in [0.1, 0.15) is 5.75 Å². The molecule has 0 aliphatic heterocycles. The fourth-order valence-corrected chi connectivity index (χ4v) is 1.65. The van der Waals surface area contributed by atoms with Crippen LogP contribution in [0.2, 0.25) is 0 Å². The molecule has 94 valence electrons. The van der Waals surface area contributed by atoms with E-state index in [1.807, 2.05) is 6.92 Å². The number of nitrogen functional groups attached to an aromatic ring is 1. The molecule has 0 amide bonds. The first-order valence-corrected chi connectivity index (χ1v) is 6.06. The molecule has 0 saturated heterocycles. The molecule has 0 aliphatic rings.